The summed E-state index contributed by atoms with van der Waals surface area (Å²) in [5.41, 5.74) is 1.34. The monoisotopic (exact) mass is 416 g/mol. The van der Waals surface area contributed by atoms with E-state index >= 15 is 0 Å². The molecule has 4 fully saturated rings. The minimum atomic E-state index is 0.349. The second-order valence-corrected chi connectivity index (χ2v) is 14.6. The Labute approximate surface area is 188 Å². The van der Waals surface area contributed by atoms with Crippen molar-refractivity contribution in [1.82, 2.24) is 9.80 Å². The summed E-state index contributed by atoms with van der Waals surface area (Å²) in [6.07, 6.45) is 11.5. The average Bonchev–Trinajstić information content (AvgIpc) is 3.30. The van der Waals surface area contributed by atoms with Gasteiger partial charge >= 0.3 is 0 Å². The molecule has 3 aliphatic heterocycles. The minimum Gasteiger partial charge on any atom is -0.295 e. The highest BCUT2D eigenvalue weighted by Gasteiger charge is 2.52. The maximum absolute atomic E-state index is 2.99. The van der Waals surface area contributed by atoms with Gasteiger partial charge in [0.05, 0.1) is 0 Å². The van der Waals surface area contributed by atoms with Gasteiger partial charge in [-0.3, -0.25) is 9.80 Å². The van der Waals surface area contributed by atoms with Crippen LogP contribution in [0.2, 0.25) is 0 Å². The SMILES string of the molecule is CC(CCC(C)(C)C1CC2CC1CN2C(C)(C)C)N1C2CCC1CC(C(C)(C)C)C2. The Morgan fingerprint density at radius 2 is 1.40 bits per heavy atom. The van der Waals surface area contributed by atoms with Crippen molar-refractivity contribution in [2.24, 2.45) is 28.6 Å². The number of rotatable bonds is 5. The lowest BCUT2D eigenvalue weighted by Crippen LogP contribution is -2.50. The third kappa shape index (κ3) is 4.26. The van der Waals surface area contributed by atoms with Crippen molar-refractivity contribution >= 4 is 0 Å². The first-order chi connectivity index (χ1) is 13.8. The fraction of sp³-hybridized carbons (Fsp3) is 1.00. The largest absolute Gasteiger partial charge is 0.295 e. The lowest BCUT2D eigenvalue weighted by atomic mass is 9.69. The molecule has 4 bridgehead atoms. The Balaban J connectivity index is 1.32. The van der Waals surface area contributed by atoms with Crippen LogP contribution in [0.15, 0.2) is 0 Å². The van der Waals surface area contributed by atoms with Crippen LogP contribution in [0.4, 0.5) is 0 Å². The van der Waals surface area contributed by atoms with Crippen LogP contribution in [0.5, 0.6) is 0 Å². The Kier molecular flexibility index (Phi) is 5.97. The molecule has 174 valence electrons. The Morgan fingerprint density at radius 3 is 1.87 bits per heavy atom. The first-order valence-electron chi connectivity index (χ1n) is 13.3. The summed E-state index contributed by atoms with van der Waals surface area (Å²) >= 11 is 0. The molecule has 3 heterocycles. The third-order valence-corrected chi connectivity index (χ3v) is 10.1. The van der Waals surface area contributed by atoms with E-state index in [2.05, 4.69) is 72.1 Å². The Bertz CT molecular complexity index is 595. The Hall–Kier alpha value is -0.0800. The molecule has 0 amide bonds. The molecule has 0 N–H and O–H groups in total. The normalized spacial score (nSPS) is 39.1. The van der Waals surface area contributed by atoms with Gasteiger partial charge in [-0.1, -0.05) is 34.6 Å². The molecule has 4 aliphatic rings. The fourth-order valence-electron chi connectivity index (χ4n) is 8.29. The number of hydrogen-bond acceptors (Lipinski definition) is 2. The molecule has 0 spiro atoms. The molecular weight excluding hydrogens is 364 g/mol. The van der Waals surface area contributed by atoms with Crippen LogP contribution in [0.1, 0.15) is 114 Å². The topological polar surface area (TPSA) is 6.48 Å². The predicted octanol–water partition coefficient (Wildman–Crippen LogP) is 6.98. The smallest absolute Gasteiger partial charge is 0.0128 e. The second-order valence-electron chi connectivity index (χ2n) is 14.6. The molecule has 3 saturated heterocycles. The van der Waals surface area contributed by atoms with Gasteiger partial charge < -0.3 is 0 Å². The molecule has 1 saturated carbocycles. The lowest BCUT2D eigenvalue weighted by molar-refractivity contribution is 0.0119. The van der Waals surface area contributed by atoms with E-state index in [-0.39, 0.29) is 0 Å². The highest BCUT2D eigenvalue weighted by atomic mass is 15.3. The number of nitrogens with zero attached hydrogens (tertiary/aromatic N) is 2. The van der Waals surface area contributed by atoms with Crippen LogP contribution in [0, 0.1) is 28.6 Å². The predicted molar refractivity (Wildman–Crippen MR) is 130 cm³/mol. The standard InChI is InChI=1S/C28H52N2/c1-19(30-22-10-11-23(30)16-21(15-22)26(2,3)4)12-13-28(8,9)25-17-24-14-20(25)18-29(24)27(5,6)7/h19-25H,10-18H2,1-9H3. The summed E-state index contributed by atoms with van der Waals surface area (Å²) in [7, 11) is 0. The average molecular weight is 417 g/mol. The molecule has 0 aromatic rings. The van der Waals surface area contributed by atoms with Gasteiger partial charge in [-0.2, -0.15) is 0 Å². The van der Waals surface area contributed by atoms with Crippen LogP contribution in [0.25, 0.3) is 0 Å². The quantitative estimate of drug-likeness (QED) is 0.477. The van der Waals surface area contributed by atoms with Gasteiger partial charge in [0.15, 0.2) is 0 Å². The molecular formula is C28H52N2. The molecule has 30 heavy (non-hydrogen) atoms. The van der Waals surface area contributed by atoms with E-state index < -0.39 is 0 Å². The number of fused-ring (bicyclic) bond motifs is 4. The van der Waals surface area contributed by atoms with Gasteiger partial charge in [-0.15, -0.1) is 0 Å². The van der Waals surface area contributed by atoms with Crippen molar-refractivity contribution in [1.29, 1.82) is 0 Å². The number of hydrogen-bond donors (Lipinski definition) is 0. The van der Waals surface area contributed by atoms with E-state index in [1.165, 1.54) is 57.9 Å². The van der Waals surface area contributed by atoms with Gasteiger partial charge in [0, 0.05) is 36.3 Å². The molecule has 2 heteroatoms. The van der Waals surface area contributed by atoms with Gasteiger partial charge in [0.1, 0.15) is 0 Å². The van der Waals surface area contributed by atoms with Gasteiger partial charge in [-0.05, 0) is 108 Å². The summed E-state index contributed by atoms with van der Waals surface area (Å²) in [5.74, 6) is 2.81. The van der Waals surface area contributed by atoms with Crippen molar-refractivity contribution in [3.8, 4) is 0 Å². The summed E-state index contributed by atoms with van der Waals surface area (Å²) in [6.45, 7) is 23.7. The van der Waals surface area contributed by atoms with Gasteiger partial charge in [-0.25, -0.2) is 0 Å². The molecule has 4 rings (SSSR count). The number of piperidine rings is 2. The molecule has 6 atom stereocenters. The summed E-state index contributed by atoms with van der Waals surface area (Å²) in [5, 5.41) is 0. The van der Waals surface area contributed by atoms with E-state index in [1.807, 2.05) is 0 Å². The highest BCUT2D eigenvalue weighted by Crippen LogP contribution is 2.53. The highest BCUT2D eigenvalue weighted by molar-refractivity contribution is 5.05. The fourth-order valence-corrected chi connectivity index (χ4v) is 8.29. The molecule has 0 radical (unpaired) electrons. The summed E-state index contributed by atoms with van der Waals surface area (Å²) in [6, 6.07) is 3.36. The molecule has 2 nitrogen and oxygen atoms in total. The van der Waals surface area contributed by atoms with E-state index in [9.17, 15) is 0 Å². The van der Waals surface area contributed by atoms with E-state index in [0.717, 1.165) is 41.9 Å². The second kappa shape index (κ2) is 7.75. The van der Waals surface area contributed by atoms with Crippen LogP contribution < -0.4 is 0 Å². The van der Waals surface area contributed by atoms with Crippen molar-refractivity contribution in [3.63, 3.8) is 0 Å². The van der Waals surface area contributed by atoms with E-state index in [1.54, 1.807) is 0 Å². The molecule has 6 unspecified atom stereocenters. The van der Waals surface area contributed by atoms with Crippen molar-refractivity contribution < 1.29 is 0 Å². The molecule has 0 aromatic heterocycles. The number of likely N-dealkylation sites (tertiary alicyclic amines) is 1. The lowest BCUT2D eigenvalue weighted by Gasteiger charge is -2.48. The van der Waals surface area contributed by atoms with Crippen LogP contribution in [-0.4, -0.2) is 46.1 Å². The van der Waals surface area contributed by atoms with Crippen LogP contribution >= 0.6 is 0 Å². The van der Waals surface area contributed by atoms with Gasteiger partial charge in [0.2, 0.25) is 0 Å². The Morgan fingerprint density at radius 1 is 0.800 bits per heavy atom. The van der Waals surface area contributed by atoms with Gasteiger partial charge in [0.25, 0.3) is 0 Å². The van der Waals surface area contributed by atoms with Crippen molar-refractivity contribution in [3.05, 3.63) is 0 Å². The maximum Gasteiger partial charge on any atom is 0.0128 e. The first-order valence-corrected chi connectivity index (χ1v) is 13.3. The zero-order valence-electron chi connectivity index (χ0n) is 21.8. The zero-order chi connectivity index (χ0) is 22.1. The zero-order valence-corrected chi connectivity index (χ0v) is 21.8. The summed E-state index contributed by atoms with van der Waals surface area (Å²) in [4.78, 5) is 5.80. The third-order valence-electron chi connectivity index (χ3n) is 10.1. The van der Waals surface area contributed by atoms with E-state index in [0.29, 0.717) is 16.4 Å². The van der Waals surface area contributed by atoms with Crippen LogP contribution in [-0.2, 0) is 0 Å². The maximum atomic E-state index is 2.99. The van der Waals surface area contributed by atoms with Crippen molar-refractivity contribution in [2.45, 2.75) is 143 Å². The molecule has 1 aliphatic carbocycles. The van der Waals surface area contributed by atoms with Crippen LogP contribution in [0.3, 0.4) is 0 Å². The summed E-state index contributed by atoms with van der Waals surface area (Å²) < 4.78 is 0. The molecule has 0 aromatic carbocycles. The van der Waals surface area contributed by atoms with E-state index in [4.69, 9.17) is 0 Å². The minimum absolute atomic E-state index is 0.349. The first kappa shape index (κ1) is 23.1. The van der Waals surface area contributed by atoms with Crippen molar-refractivity contribution in [2.75, 3.05) is 6.54 Å².